The third kappa shape index (κ3) is 2.82. The third-order valence-electron chi connectivity index (χ3n) is 3.39. The Morgan fingerprint density at radius 2 is 1.95 bits per heavy atom. The van der Waals surface area contributed by atoms with Crippen molar-refractivity contribution in [2.75, 3.05) is 6.61 Å². The van der Waals surface area contributed by atoms with E-state index in [0.29, 0.717) is 18.1 Å². The second-order valence-electron chi connectivity index (χ2n) is 4.91. The van der Waals surface area contributed by atoms with Crippen molar-refractivity contribution in [1.82, 2.24) is 14.8 Å². The lowest BCUT2D eigenvalue weighted by Crippen LogP contribution is -2.21. The van der Waals surface area contributed by atoms with Crippen LogP contribution in [-0.4, -0.2) is 29.8 Å². The van der Waals surface area contributed by atoms with E-state index in [1.165, 1.54) is 4.57 Å². The Kier molecular flexibility index (Phi) is 3.75. The van der Waals surface area contributed by atoms with Crippen LogP contribution in [-0.2, 0) is 14.8 Å². The summed E-state index contributed by atoms with van der Waals surface area (Å²) in [7, 11) is -3.97. The van der Waals surface area contributed by atoms with Crippen molar-refractivity contribution in [1.29, 1.82) is 0 Å². The highest BCUT2D eigenvalue weighted by molar-refractivity contribution is 7.89. The van der Waals surface area contributed by atoms with E-state index in [1.807, 2.05) is 18.2 Å². The Balaban J connectivity index is 2.15. The molecule has 21 heavy (non-hydrogen) atoms. The first kappa shape index (κ1) is 14.2. The molecule has 2 N–H and O–H groups in total. The summed E-state index contributed by atoms with van der Waals surface area (Å²) in [6.07, 6.45) is 2.53. The largest absolute Gasteiger partial charge is 0.370 e. The van der Waals surface area contributed by atoms with Crippen LogP contribution < -0.4 is 5.14 Å². The standard InChI is InChI=1S/C13H16N4O3S/c14-21(18,19)13-16-15-12(11-8-4-5-9-20-11)17(13)10-6-2-1-3-7-10/h1-3,6-7,11H,4-5,8-9H2,(H2,14,18,19). The molecule has 1 aliphatic heterocycles. The number of aromatic nitrogens is 3. The summed E-state index contributed by atoms with van der Waals surface area (Å²) in [5, 5.41) is 12.8. The monoisotopic (exact) mass is 308 g/mol. The number of ether oxygens (including phenoxy) is 1. The lowest BCUT2D eigenvalue weighted by atomic mass is 10.1. The zero-order valence-corrected chi connectivity index (χ0v) is 12.2. The van der Waals surface area contributed by atoms with Crippen molar-refractivity contribution in [3.05, 3.63) is 36.2 Å². The molecule has 0 spiro atoms. The maximum atomic E-state index is 11.7. The number of nitrogens with two attached hydrogens (primary N) is 1. The number of sulfonamides is 1. The fourth-order valence-electron chi connectivity index (χ4n) is 2.44. The molecule has 2 aromatic rings. The van der Waals surface area contributed by atoms with Gasteiger partial charge in [-0.3, -0.25) is 4.57 Å². The summed E-state index contributed by atoms with van der Waals surface area (Å²) in [4.78, 5) is 0. The van der Waals surface area contributed by atoms with E-state index in [1.54, 1.807) is 12.1 Å². The smallest absolute Gasteiger partial charge is 0.274 e. The molecule has 1 saturated heterocycles. The van der Waals surface area contributed by atoms with E-state index in [0.717, 1.165) is 19.3 Å². The molecule has 1 aromatic carbocycles. The zero-order valence-electron chi connectivity index (χ0n) is 11.3. The van der Waals surface area contributed by atoms with Crippen molar-refractivity contribution in [3.8, 4) is 5.69 Å². The van der Waals surface area contributed by atoms with Crippen molar-refractivity contribution in [2.24, 2.45) is 5.14 Å². The first-order chi connectivity index (χ1) is 10.1. The Hall–Kier alpha value is -1.77. The van der Waals surface area contributed by atoms with Crippen LogP contribution in [0.2, 0.25) is 0 Å². The van der Waals surface area contributed by atoms with Gasteiger partial charge in [0.15, 0.2) is 5.82 Å². The van der Waals surface area contributed by atoms with Gasteiger partial charge in [-0.25, -0.2) is 13.6 Å². The van der Waals surface area contributed by atoms with Crippen LogP contribution in [0.5, 0.6) is 0 Å². The molecule has 0 radical (unpaired) electrons. The van der Waals surface area contributed by atoms with E-state index < -0.39 is 10.0 Å². The number of nitrogens with zero attached hydrogens (tertiary/aromatic N) is 3. The molecule has 1 fully saturated rings. The van der Waals surface area contributed by atoms with Crippen LogP contribution in [0.3, 0.4) is 0 Å². The van der Waals surface area contributed by atoms with Crippen LogP contribution in [0.25, 0.3) is 5.69 Å². The minimum Gasteiger partial charge on any atom is -0.370 e. The molecule has 0 amide bonds. The van der Waals surface area contributed by atoms with Crippen LogP contribution in [0.4, 0.5) is 0 Å². The second-order valence-corrected chi connectivity index (χ2v) is 6.37. The summed E-state index contributed by atoms with van der Waals surface area (Å²) in [6.45, 7) is 0.636. The van der Waals surface area contributed by atoms with Gasteiger partial charge in [-0.1, -0.05) is 18.2 Å². The van der Waals surface area contributed by atoms with Gasteiger partial charge in [-0.15, -0.1) is 10.2 Å². The molecule has 0 aliphatic carbocycles. The predicted octanol–water partition coefficient (Wildman–Crippen LogP) is 1.16. The summed E-state index contributed by atoms with van der Waals surface area (Å²) >= 11 is 0. The average molecular weight is 308 g/mol. The zero-order chi connectivity index (χ0) is 14.9. The van der Waals surface area contributed by atoms with Crippen molar-refractivity contribution in [2.45, 2.75) is 30.5 Å². The summed E-state index contributed by atoms with van der Waals surface area (Å²) in [5.74, 6) is 0.477. The highest BCUT2D eigenvalue weighted by atomic mass is 32.2. The Bertz CT molecular complexity index is 721. The summed E-state index contributed by atoms with van der Waals surface area (Å²) in [5.41, 5.74) is 0.649. The number of hydrogen-bond acceptors (Lipinski definition) is 5. The van der Waals surface area contributed by atoms with Gasteiger partial charge >= 0.3 is 0 Å². The minimum atomic E-state index is -3.97. The van der Waals surface area contributed by atoms with Crippen LogP contribution in [0.1, 0.15) is 31.2 Å². The van der Waals surface area contributed by atoms with Gasteiger partial charge in [0, 0.05) is 12.3 Å². The summed E-state index contributed by atoms with van der Waals surface area (Å²) in [6, 6.07) is 9.04. The van der Waals surface area contributed by atoms with Crippen molar-refractivity contribution < 1.29 is 13.2 Å². The van der Waals surface area contributed by atoms with Gasteiger partial charge in [0.05, 0.1) is 0 Å². The fourth-order valence-corrected chi connectivity index (χ4v) is 3.05. The van der Waals surface area contributed by atoms with Crippen LogP contribution >= 0.6 is 0 Å². The molecule has 1 unspecified atom stereocenters. The maximum absolute atomic E-state index is 11.7. The first-order valence-electron chi connectivity index (χ1n) is 6.72. The number of rotatable bonds is 3. The minimum absolute atomic E-state index is 0.262. The molecule has 0 saturated carbocycles. The maximum Gasteiger partial charge on any atom is 0.274 e. The molecule has 2 heterocycles. The lowest BCUT2D eigenvalue weighted by molar-refractivity contribution is 0.00818. The van der Waals surface area contributed by atoms with Crippen molar-refractivity contribution >= 4 is 10.0 Å². The van der Waals surface area contributed by atoms with E-state index in [9.17, 15) is 8.42 Å². The molecule has 1 aliphatic rings. The number of benzene rings is 1. The van der Waals surface area contributed by atoms with E-state index in [4.69, 9.17) is 9.88 Å². The van der Waals surface area contributed by atoms with Crippen LogP contribution in [0.15, 0.2) is 35.5 Å². The number of primary sulfonamides is 1. The molecule has 3 rings (SSSR count). The third-order valence-corrected chi connectivity index (χ3v) is 4.17. The van der Waals surface area contributed by atoms with Gasteiger partial charge in [0.1, 0.15) is 6.10 Å². The quantitative estimate of drug-likeness (QED) is 0.917. The van der Waals surface area contributed by atoms with Gasteiger partial charge in [-0.2, -0.15) is 0 Å². The van der Waals surface area contributed by atoms with Gasteiger partial charge in [-0.05, 0) is 31.4 Å². The Morgan fingerprint density at radius 1 is 1.19 bits per heavy atom. The Labute approximate surface area is 122 Å². The molecule has 7 nitrogen and oxygen atoms in total. The van der Waals surface area contributed by atoms with Gasteiger partial charge in [0.2, 0.25) is 0 Å². The summed E-state index contributed by atoms with van der Waals surface area (Å²) < 4.78 is 30.6. The molecule has 1 aromatic heterocycles. The topological polar surface area (TPSA) is 100 Å². The highest BCUT2D eigenvalue weighted by Gasteiger charge is 2.28. The predicted molar refractivity (Wildman–Crippen MR) is 75.3 cm³/mol. The van der Waals surface area contributed by atoms with Crippen molar-refractivity contribution in [3.63, 3.8) is 0 Å². The molecular formula is C13H16N4O3S. The Morgan fingerprint density at radius 3 is 2.57 bits per heavy atom. The second kappa shape index (κ2) is 5.55. The molecule has 0 bridgehead atoms. The van der Waals surface area contributed by atoms with E-state index in [2.05, 4.69) is 10.2 Å². The molecular weight excluding hydrogens is 292 g/mol. The normalized spacial score (nSPS) is 19.6. The fraction of sp³-hybridized carbons (Fsp3) is 0.385. The van der Waals surface area contributed by atoms with E-state index in [-0.39, 0.29) is 11.3 Å². The average Bonchev–Trinajstić information content (AvgIpc) is 2.94. The molecule has 8 heteroatoms. The number of para-hydroxylation sites is 1. The number of hydrogen-bond donors (Lipinski definition) is 1. The SMILES string of the molecule is NS(=O)(=O)c1nnc(C2CCCCO2)n1-c1ccccc1. The van der Waals surface area contributed by atoms with Gasteiger partial charge < -0.3 is 4.74 Å². The lowest BCUT2D eigenvalue weighted by Gasteiger charge is -2.22. The highest BCUT2D eigenvalue weighted by Crippen LogP contribution is 2.29. The van der Waals surface area contributed by atoms with Gasteiger partial charge in [0.25, 0.3) is 15.2 Å². The first-order valence-corrected chi connectivity index (χ1v) is 8.27. The van der Waals surface area contributed by atoms with Crippen LogP contribution in [0, 0.1) is 0 Å². The molecule has 112 valence electrons. The molecule has 1 atom stereocenters. The van der Waals surface area contributed by atoms with E-state index >= 15 is 0 Å².